The Morgan fingerprint density at radius 2 is 1.91 bits per heavy atom. The van der Waals surface area contributed by atoms with E-state index in [0.717, 1.165) is 39.0 Å². The topological polar surface area (TPSA) is 70.2 Å². The van der Waals surface area contributed by atoms with Crippen LogP contribution in [0.3, 0.4) is 0 Å². The second kappa shape index (κ2) is 10.5. The molecule has 6 nitrogen and oxygen atoms in total. The summed E-state index contributed by atoms with van der Waals surface area (Å²) in [6, 6.07) is 17.6. The molecular weight excluding hydrogens is 444 g/mol. The summed E-state index contributed by atoms with van der Waals surface area (Å²) in [5.74, 6) is 0.805. The Morgan fingerprint density at radius 1 is 1.12 bits per heavy atom. The fourth-order valence-corrected chi connectivity index (χ4v) is 4.06. The first-order valence-electron chi connectivity index (χ1n) is 11.2. The summed E-state index contributed by atoms with van der Waals surface area (Å²) in [7, 11) is 0. The zero-order valence-corrected chi connectivity index (χ0v) is 20.4. The van der Waals surface area contributed by atoms with E-state index >= 15 is 0 Å². The quantitative estimate of drug-likeness (QED) is 0.354. The van der Waals surface area contributed by atoms with E-state index in [1.165, 1.54) is 0 Å². The molecule has 2 aromatic carbocycles. The van der Waals surface area contributed by atoms with Crippen molar-refractivity contribution in [2.75, 3.05) is 11.9 Å². The zero-order valence-electron chi connectivity index (χ0n) is 19.6. The number of aromatic nitrogens is 2. The van der Waals surface area contributed by atoms with E-state index in [0.29, 0.717) is 30.4 Å². The highest BCUT2D eigenvalue weighted by atomic mass is 32.1. The lowest BCUT2D eigenvalue weighted by molar-refractivity contribution is 0.340. The van der Waals surface area contributed by atoms with Crippen LogP contribution in [0.4, 0.5) is 5.69 Å². The van der Waals surface area contributed by atoms with Crippen molar-refractivity contribution in [1.82, 2.24) is 14.9 Å². The van der Waals surface area contributed by atoms with Crippen molar-refractivity contribution in [3.8, 4) is 5.75 Å². The predicted molar refractivity (Wildman–Crippen MR) is 141 cm³/mol. The molecule has 0 spiro atoms. The Morgan fingerprint density at radius 3 is 2.62 bits per heavy atom. The van der Waals surface area contributed by atoms with Crippen molar-refractivity contribution in [3.63, 3.8) is 0 Å². The normalized spacial score (nSPS) is 10.8. The molecule has 0 radical (unpaired) electrons. The van der Waals surface area contributed by atoms with Crippen molar-refractivity contribution in [1.29, 1.82) is 0 Å². The van der Waals surface area contributed by atoms with Gasteiger partial charge in [0, 0.05) is 30.2 Å². The molecular formula is C27H28N4O2S. The van der Waals surface area contributed by atoms with Gasteiger partial charge in [0.25, 0.3) is 5.56 Å². The van der Waals surface area contributed by atoms with Gasteiger partial charge in [-0.1, -0.05) is 18.2 Å². The standard InChI is InChI=1S/C27H28N4O2S/c1-4-33-24-11-9-23(10-12-24)29-27(34)31(16-20-6-5-13-28-15-20)17-22-14-21-8-7-18(2)19(3)25(21)30-26(22)32/h5-15H,4,16-17H2,1-3H3,(H,29,34)(H,30,32). The van der Waals surface area contributed by atoms with Crippen molar-refractivity contribution in [2.24, 2.45) is 0 Å². The maximum atomic E-state index is 13.0. The third-order valence-electron chi connectivity index (χ3n) is 5.79. The molecule has 0 saturated carbocycles. The van der Waals surface area contributed by atoms with Gasteiger partial charge in [0.2, 0.25) is 0 Å². The number of H-pyrrole nitrogens is 1. The average Bonchev–Trinajstić information content (AvgIpc) is 2.84. The Hall–Kier alpha value is -3.71. The lowest BCUT2D eigenvalue weighted by atomic mass is 10.0. The number of pyridine rings is 2. The number of aryl methyl sites for hydroxylation is 2. The van der Waals surface area contributed by atoms with Crippen LogP contribution in [0.15, 0.2) is 71.8 Å². The smallest absolute Gasteiger partial charge is 0.253 e. The molecule has 7 heteroatoms. The van der Waals surface area contributed by atoms with Gasteiger partial charge in [-0.05, 0) is 91.5 Å². The fraction of sp³-hybridized carbons (Fsp3) is 0.222. The number of rotatable bonds is 7. The highest BCUT2D eigenvalue weighted by molar-refractivity contribution is 7.80. The largest absolute Gasteiger partial charge is 0.494 e. The molecule has 0 aliphatic rings. The number of nitrogens with one attached hydrogen (secondary N) is 2. The molecule has 2 heterocycles. The number of ether oxygens (including phenoxy) is 1. The lowest BCUT2D eigenvalue weighted by Crippen LogP contribution is -2.35. The Bertz CT molecular complexity index is 1350. The van der Waals surface area contributed by atoms with Gasteiger partial charge in [-0.3, -0.25) is 9.78 Å². The third kappa shape index (κ3) is 5.43. The molecule has 4 aromatic rings. The Kier molecular flexibility index (Phi) is 7.23. The zero-order chi connectivity index (χ0) is 24.1. The van der Waals surface area contributed by atoms with E-state index in [2.05, 4.69) is 21.4 Å². The monoisotopic (exact) mass is 472 g/mol. The minimum absolute atomic E-state index is 0.110. The molecule has 0 unspecified atom stereocenters. The van der Waals surface area contributed by atoms with Crippen LogP contribution in [0, 0.1) is 13.8 Å². The molecule has 0 aliphatic heterocycles. The van der Waals surface area contributed by atoms with Gasteiger partial charge >= 0.3 is 0 Å². The molecule has 0 saturated heterocycles. The lowest BCUT2D eigenvalue weighted by Gasteiger charge is -2.26. The molecule has 0 aliphatic carbocycles. The second-order valence-corrected chi connectivity index (χ2v) is 8.59. The molecule has 0 amide bonds. The highest BCUT2D eigenvalue weighted by Crippen LogP contribution is 2.21. The summed E-state index contributed by atoms with van der Waals surface area (Å²) in [5.41, 5.74) is 5.50. The van der Waals surface area contributed by atoms with Crippen LogP contribution in [0.1, 0.15) is 29.2 Å². The van der Waals surface area contributed by atoms with Gasteiger partial charge in [0.05, 0.1) is 18.7 Å². The van der Waals surface area contributed by atoms with Gasteiger partial charge in [-0.15, -0.1) is 0 Å². The third-order valence-corrected chi connectivity index (χ3v) is 6.15. The maximum absolute atomic E-state index is 13.0. The van der Waals surface area contributed by atoms with E-state index in [-0.39, 0.29) is 5.56 Å². The minimum atomic E-state index is -0.110. The first kappa shape index (κ1) is 23.4. The molecule has 2 aromatic heterocycles. The van der Waals surface area contributed by atoms with E-state index in [1.807, 2.05) is 80.4 Å². The van der Waals surface area contributed by atoms with Crippen LogP contribution in [-0.2, 0) is 13.1 Å². The number of hydrogen-bond acceptors (Lipinski definition) is 4. The van der Waals surface area contributed by atoms with E-state index < -0.39 is 0 Å². The summed E-state index contributed by atoms with van der Waals surface area (Å²) in [5, 5.41) is 4.82. The first-order chi connectivity index (χ1) is 16.4. The molecule has 2 N–H and O–H groups in total. The molecule has 0 fully saturated rings. The maximum Gasteiger partial charge on any atom is 0.253 e. The number of fused-ring (bicyclic) bond motifs is 1. The first-order valence-corrected chi connectivity index (χ1v) is 11.6. The fourth-order valence-electron chi connectivity index (χ4n) is 3.81. The number of hydrogen-bond donors (Lipinski definition) is 2. The highest BCUT2D eigenvalue weighted by Gasteiger charge is 2.15. The summed E-state index contributed by atoms with van der Waals surface area (Å²) in [6.07, 6.45) is 3.55. The van der Waals surface area contributed by atoms with Crippen molar-refractivity contribution < 1.29 is 4.74 Å². The minimum Gasteiger partial charge on any atom is -0.494 e. The van der Waals surface area contributed by atoms with E-state index in [4.69, 9.17) is 17.0 Å². The van der Waals surface area contributed by atoms with E-state index in [1.54, 1.807) is 6.20 Å². The second-order valence-electron chi connectivity index (χ2n) is 8.20. The van der Waals surface area contributed by atoms with Gasteiger partial charge in [-0.2, -0.15) is 0 Å². The Balaban J connectivity index is 1.62. The molecule has 34 heavy (non-hydrogen) atoms. The molecule has 174 valence electrons. The molecule has 4 rings (SSSR count). The van der Waals surface area contributed by atoms with Crippen LogP contribution >= 0.6 is 12.2 Å². The number of anilines is 1. The SMILES string of the molecule is CCOc1ccc(NC(=S)N(Cc2cccnc2)Cc2cc3ccc(C)c(C)c3[nH]c2=O)cc1. The number of aromatic amines is 1. The van der Waals surface area contributed by atoms with Crippen LogP contribution in [0.5, 0.6) is 5.75 Å². The predicted octanol–water partition coefficient (Wildman–Crippen LogP) is 5.34. The van der Waals surface area contributed by atoms with Crippen molar-refractivity contribution >= 4 is 33.9 Å². The van der Waals surface area contributed by atoms with Gasteiger partial charge in [-0.25, -0.2) is 0 Å². The average molecular weight is 473 g/mol. The summed E-state index contributed by atoms with van der Waals surface area (Å²) in [4.78, 5) is 22.3. The van der Waals surface area contributed by atoms with Crippen LogP contribution < -0.4 is 15.6 Å². The summed E-state index contributed by atoms with van der Waals surface area (Å²) >= 11 is 5.77. The molecule has 0 atom stereocenters. The van der Waals surface area contributed by atoms with Crippen LogP contribution in [0.25, 0.3) is 10.9 Å². The van der Waals surface area contributed by atoms with Crippen LogP contribution in [-0.4, -0.2) is 26.6 Å². The van der Waals surface area contributed by atoms with Crippen molar-refractivity contribution in [3.05, 3.63) is 99.6 Å². The number of benzene rings is 2. The number of nitrogens with zero attached hydrogens (tertiary/aromatic N) is 2. The van der Waals surface area contributed by atoms with Crippen LogP contribution in [0.2, 0.25) is 0 Å². The molecule has 0 bridgehead atoms. The number of thiocarbonyl (C=S) groups is 1. The van der Waals surface area contributed by atoms with E-state index in [9.17, 15) is 4.79 Å². The summed E-state index contributed by atoms with van der Waals surface area (Å²) < 4.78 is 5.52. The summed E-state index contributed by atoms with van der Waals surface area (Å²) in [6.45, 7) is 7.51. The van der Waals surface area contributed by atoms with Crippen molar-refractivity contribution in [2.45, 2.75) is 33.9 Å². The Labute approximate surface area is 204 Å². The van der Waals surface area contributed by atoms with Gasteiger partial charge < -0.3 is 19.9 Å². The van der Waals surface area contributed by atoms with Gasteiger partial charge in [0.1, 0.15) is 5.75 Å². The van der Waals surface area contributed by atoms with Gasteiger partial charge in [0.15, 0.2) is 5.11 Å².